The van der Waals surface area contributed by atoms with Gasteiger partial charge in [0.2, 0.25) is 0 Å². The second-order valence-corrected chi connectivity index (χ2v) is 7.27. The first-order valence-corrected chi connectivity index (χ1v) is 9.68. The Bertz CT molecular complexity index is 936. The van der Waals surface area contributed by atoms with Crippen molar-refractivity contribution in [2.45, 2.75) is 22.3 Å². The minimum absolute atomic E-state index is 0.187. The Morgan fingerprint density at radius 1 is 0.704 bits per heavy atom. The van der Waals surface area contributed by atoms with Gasteiger partial charge in [0.05, 0.1) is 0 Å². The van der Waals surface area contributed by atoms with Crippen LogP contribution in [-0.2, 0) is 6.42 Å². The van der Waals surface area contributed by atoms with Crippen LogP contribution in [0.15, 0.2) is 108 Å². The second-order valence-electron chi connectivity index (χ2n) is 6.21. The SMILES string of the molecule is c1ccc(Sc2ncccc2CC(c2cccnc2)c2cccnc2)cc1. The molecule has 0 fully saturated rings. The summed E-state index contributed by atoms with van der Waals surface area (Å²) in [6.45, 7) is 0. The van der Waals surface area contributed by atoms with Gasteiger partial charge >= 0.3 is 0 Å². The molecule has 27 heavy (non-hydrogen) atoms. The molecule has 1 aromatic carbocycles. The molecule has 0 amide bonds. The van der Waals surface area contributed by atoms with Gasteiger partial charge in [-0.05, 0) is 53.4 Å². The maximum Gasteiger partial charge on any atom is 0.104 e. The fourth-order valence-corrected chi connectivity index (χ4v) is 4.00. The number of benzene rings is 1. The van der Waals surface area contributed by atoms with E-state index in [4.69, 9.17) is 0 Å². The lowest BCUT2D eigenvalue weighted by Crippen LogP contribution is -2.07. The minimum atomic E-state index is 0.187. The van der Waals surface area contributed by atoms with E-state index < -0.39 is 0 Å². The Morgan fingerprint density at radius 3 is 2.00 bits per heavy atom. The Kier molecular flexibility index (Phi) is 5.56. The predicted molar refractivity (Wildman–Crippen MR) is 109 cm³/mol. The quantitative estimate of drug-likeness (QED) is 0.456. The van der Waals surface area contributed by atoms with Crippen LogP contribution >= 0.6 is 11.8 Å². The summed E-state index contributed by atoms with van der Waals surface area (Å²) < 4.78 is 0. The largest absolute Gasteiger partial charge is 0.264 e. The standard InChI is InChI=1S/C23H19N3S/c1-2-10-21(11-3-1)27-23-18(7-6-14-26-23)15-22(19-8-4-12-24-16-19)20-9-5-13-25-17-20/h1-14,16-17,22H,15H2. The van der Waals surface area contributed by atoms with Crippen molar-refractivity contribution >= 4 is 11.8 Å². The molecule has 3 aromatic heterocycles. The van der Waals surface area contributed by atoms with Gasteiger partial charge in [-0.3, -0.25) is 9.97 Å². The summed E-state index contributed by atoms with van der Waals surface area (Å²) in [4.78, 5) is 14.5. The maximum absolute atomic E-state index is 4.65. The third-order valence-electron chi connectivity index (χ3n) is 4.41. The van der Waals surface area contributed by atoms with E-state index in [0.29, 0.717) is 0 Å². The molecular formula is C23H19N3S. The molecule has 3 heterocycles. The van der Waals surface area contributed by atoms with E-state index in [2.05, 4.69) is 57.4 Å². The van der Waals surface area contributed by atoms with Gasteiger partial charge in [-0.25, -0.2) is 4.98 Å². The third-order valence-corrected chi connectivity index (χ3v) is 5.47. The molecule has 4 aromatic rings. The van der Waals surface area contributed by atoms with E-state index in [0.717, 1.165) is 11.4 Å². The smallest absolute Gasteiger partial charge is 0.104 e. The van der Waals surface area contributed by atoms with Gasteiger partial charge in [0.25, 0.3) is 0 Å². The van der Waals surface area contributed by atoms with Crippen LogP contribution in [0, 0.1) is 0 Å². The summed E-state index contributed by atoms with van der Waals surface area (Å²) in [5.41, 5.74) is 3.60. The summed E-state index contributed by atoms with van der Waals surface area (Å²) in [5, 5.41) is 1.04. The fraction of sp³-hybridized carbons (Fsp3) is 0.0870. The van der Waals surface area contributed by atoms with E-state index in [-0.39, 0.29) is 5.92 Å². The Labute approximate surface area is 163 Å². The molecule has 0 aliphatic heterocycles. The first kappa shape index (κ1) is 17.4. The van der Waals surface area contributed by atoms with Crippen LogP contribution in [0.3, 0.4) is 0 Å². The summed E-state index contributed by atoms with van der Waals surface area (Å²) in [6, 6.07) is 22.8. The average molecular weight is 369 g/mol. The number of nitrogens with zero attached hydrogens (tertiary/aromatic N) is 3. The van der Waals surface area contributed by atoms with Crippen molar-refractivity contribution in [1.29, 1.82) is 0 Å². The van der Waals surface area contributed by atoms with Crippen molar-refractivity contribution < 1.29 is 0 Å². The van der Waals surface area contributed by atoms with Crippen molar-refractivity contribution in [3.05, 3.63) is 114 Å². The molecule has 0 saturated carbocycles. The lowest BCUT2D eigenvalue weighted by Gasteiger charge is -2.19. The zero-order valence-electron chi connectivity index (χ0n) is 14.8. The molecule has 4 heteroatoms. The summed E-state index contributed by atoms with van der Waals surface area (Å²) in [5.74, 6) is 0.187. The van der Waals surface area contributed by atoms with Crippen LogP contribution in [0.4, 0.5) is 0 Å². The minimum Gasteiger partial charge on any atom is -0.264 e. The fourth-order valence-electron chi connectivity index (χ4n) is 3.08. The van der Waals surface area contributed by atoms with Crippen LogP contribution in [0.5, 0.6) is 0 Å². The summed E-state index contributed by atoms with van der Waals surface area (Å²) in [6.07, 6.45) is 10.2. The molecule has 0 aliphatic rings. The van der Waals surface area contributed by atoms with Crippen LogP contribution < -0.4 is 0 Å². The lowest BCUT2D eigenvalue weighted by atomic mass is 9.88. The molecular weight excluding hydrogens is 350 g/mol. The highest BCUT2D eigenvalue weighted by atomic mass is 32.2. The van der Waals surface area contributed by atoms with Crippen LogP contribution in [0.2, 0.25) is 0 Å². The zero-order valence-corrected chi connectivity index (χ0v) is 15.6. The lowest BCUT2D eigenvalue weighted by molar-refractivity contribution is 0.773. The van der Waals surface area contributed by atoms with E-state index in [9.17, 15) is 0 Å². The summed E-state index contributed by atoms with van der Waals surface area (Å²) in [7, 11) is 0. The highest BCUT2D eigenvalue weighted by molar-refractivity contribution is 7.99. The molecule has 4 rings (SSSR count). The van der Waals surface area contributed by atoms with Gasteiger partial charge in [-0.15, -0.1) is 0 Å². The molecule has 0 spiro atoms. The van der Waals surface area contributed by atoms with Gasteiger partial charge in [-0.1, -0.05) is 48.2 Å². The van der Waals surface area contributed by atoms with Crippen molar-refractivity contribution in [3.8, 4) is 0 Å². The van der Waals surface area contributed by atoms with Gasteiger partial charge in [-0.2, -0.15) is 0 Å². The normalized spacial score (nSPS) is 10.9. The van der Waals surface area contributed by atoms with E-state index in [1.54, 1.807) is 11.8 Å². The Hall–Kier alpha value is -2.98. The number of rotatable bonds is 6. The molecule has 0 aliphatic carbocycles. The van der Waals surface area contributed by atoms with Gasteiger partial charge in [0.1, 0.15) is 5.03 Å². The Balaban J connectivity index is 1.68. The number of hydrogen-bond donors (Lipinski definition) is 0. The molecule has 0 bridgehead atoms. The van der Waals surface area contributed by atoms with Crippen molar-refractivity contribution in [2.24, 2.45) is 0 Å². The molecule has 0 unspecified atom stereocenters. The van der Waals surface area contributed by atoms with E-state index in [1.165, 1.54) is 21.6 Å². The maximum atomic E-state index is 4.65. The molecule has 3 nitrogen and oxygen atoms in total. The topological polar surface area (TPSA) is 38.7 Å². The molecule has 0 radical (unpaired) electrons. The number of aromatic nitrogens is 3. The van der Waals surface area contributed by atoms with Crippen molar-refractivity contribution in [1.82, 2.24) is 15.0 Å². The van der Waals surface area contributed by atoms with Crippen molar-refractivity contribution in [3.63, 3.8) is 0 Å². The van der Waals surface area contributed by atoms with Gasteiger partial charge < -0.3 is 0 Å². The second kappa shape index (κ2) is 8.60. The third kappa shape index (κ3) is 4.41. The molecule has 0 saturated heterocycles. The first-order chi connectivity index (χ1) is 13.4. The summed E-state index contributed by atoms with van der Waals surface area (Å²) >= 11 is 1.70. The number of hydrogen-bond acceptors (Lipinski definition) is 4. The van der Waals surface area contributed by atoms with E-state index >= 15 is 0 Å². The number of pyridine rings is 3. The van der Waals surface area contributed by atoms with Crippen molar-refractivity contribution in [2.75, 3.05) is 0 Å². The first-order valence-electron chi connectivity index (χ1n) is 8.87. The average Bonchev–Trinajstić information content (AvgIpc) is 2.75. The highest BCUT2D eigenvalue weighted by Gasteiger charge is 2.18. The van der Waals surface area contributed by atoms with Crippen LogP contribution in [0.25, 0.3) is 0 Å². The zero-order chi connectivity index (χ0) is 18.3. The predicted octanol–water partition coefficient (Wildman–Crippen LogP) is 5.40. The van der Waals surface area contributed by atoms with Crippen LogP contribution in [0.1, 0.15) is 22.6 Å². The van der Waals surface area contributed by atoms with Gasteiger partial charge in [0.15, 0.2) is 0 Å². The Morgan fingerprint density at radius 2 is 1.37 bits per heavy atom. The monoisotopic (exact) mass is 369 g/mol. The van der Waals surface area contributed by atoms with Crippen LogP contribution in [-0.4, -0.2) is 15.0 Å². The molecule has 0 N–H and O–H groups in total. The van der Waals surface area contributed by atoms with Gasteiger partial charge in [0, 0.05) is 41.8 Å². The highest BCUT2D eigenvalue weighted by Crippen LogP contribution is 2.33. The molecule has 0 atom stereocenters. The van der Waals surface area contributed by atoms with E-state index in [1.807, 2.05) is 55.2 Å². The molecule has 132 valence electrons.